The van der Waals surface area contributed by atoms with Gasteiger partial charge in [0.25, 0.3) is 10.1 Å². The summed E-state index contributed by atoms with van der Waals surface area (Å²) in [5.74, 6) is 0. The number of alkyl halides is 6. The lowest BCUT2D eigenvalue weighted by atomic mass is 9.91. The van der Waals surface area contributed by atoms with Gasteiger partial charge in [0.2, 0.25) is 0 Å². The van der Waals surface area contributed by atoms with Gasteiger partial charge >= 0.3 is 17.1 Å². The largest absolute Gasteiger partial charge is 0.423 e. The van der Waals surface area contributed by atoms with Crippen LogP contribution in [0.2, 0.25) is 0 Å². The second-order valence-corrected chi connectivity index (χ2v) is 6.24. The van der Waals surface area contributed by atoms with Crippen molar-refractivity contribution in [3.05, 3.63) is 48.0 Å². The van der Waals surface area contributed by atoms with Gasteiger partial charge < -0.3 is 0 Å². The first-order valence-electron chi connectivity index (χ1n) is 5.93. The molecule has 0 atom stereocenters. The Bertz CT molecular complexity index is 819. The number of benzene rings is 2. The molecular weight excluding hydrogens is 350 g/mol. The van der Waals surface area contributed by atoms with E-state index in [-0.39, 0.29) is 5.39 Å². The van der Waals surface area contributed by atoms with Crippen LogP contribution < -0.4 is 0 Å². The van der Waals surface area contributed by atoms with Gasteiger partial charge in [-0.05, 0) is 10.8 Å². The first-order chi connectivity index (χ1) is 10.3. The summed E-state index contributed by atoms with van der Waals surface area (Å²) in [6.07, 6.45) is -12.7. The Morgan fingerprint density at radius 1 is 0.783 bits per heavy atom. The Morgan fingerprint density at radius 2 is 1.26 bits per heavy atom. The molecule has 0 aliphatic carbocycles. The highest BCUT2D eigenvalue weighted by Gasteiger charge is 2.80. The van der Waals surface area contributed by atoms with E-state index in [0.29, 0.717) is 6.07 Å². The third-order valence-electron chi connectivity index (χ3n) is 3.35. The predicted molar refractivity (Wildman–Crippen MR) is 69.3 cm³/mol. The maximum atomic E-state index is 13.3. The van der Waals surface area contributed by atoms with Crippen molar-refractivity contribution in [1.82, 2.24) is 0 Å². The molecule has 2 aromatic carbocycles. The first-order valence-corrected chi connectivity index (χ1v) is 7.37. The normalized spacial score (nSPS) is 14.2. The highest BCUT2D eigenvalue weighted by molar-refractivity contribution is 7.87. The summed E-state index contributed by atoms with van der Waals surface area (Å²) in [5.41, 5.74) is -1.60. The Kier molecular flexibility index (Phi) is 3.89. The molecule has 0 spiro atoms. The zero-order valence-corrected chi connectivity index (χ0v) is 11.8. The fraction of sp³-hybridized carbons (Fsp3) is 0.231. The molecule has 0 aromatic heterocycles. The van der Waals surface area contributed by atoms with Crippen molar-refractivity contribution in [3.63, 3.8) is 0 Å². The van der Waals surface area contributed by atoms with E-state index in [4.69, 9.17) is 4.55 Å². The average molecular weight is 358 g/mol. The second kappa shape index (κ2) is 5.10. The van der Waals surface area contributed by atoms with Gasteiger partial charge in [-0.15, -0.1) is 0 Å². The van der Waals surface area contributed by atoms with Crippen LogP contribution in [0.4, 0.5) is 26.3 Å². The molecule has 2 aromatic rings. The Morgan fingerprint density at radius 3 is 1.74 bits per heavy atom. The summed E-state index contributed by atoms with van der Waals surface area (Å²) >= 11 is 0. The SMILES string of the molecule is O=S(=O)(O)C(c1cccc2ccccc12)(C(F)(F)F)C(F)(F)F. The number of hydrogen-bond acceptors (Lipinski definition) is 2. The molecule has 0 radical (unpaired) electrons. The molecule has 23 heavy (non-hydrogen) atoms. The summed E-state index contributed by atoms with van der Waals surface area (Å²) < 4.78 is 106. The van der Waals surface area contributed by atoms with Crippen LogP contribution in [0, 0.1) is 0 Å². The van der Waals surface area contributed by atoms with Crippen molar-refractivity contribution in [2.24, 2.45) is 0 Å². The molecule has 0 aliphatic rings. The van der Waals surface area contributed by atoms with Gasteiger partial charge in [0, 0.05) is 5.56 Å². The van der Waals surface area contributed by atoms with Crippen molar-refractivity contribution >= 4 is 20.9 Å². The monoisotopic (exact) mass is 358 g/mol. The molecule has 1 N–H and O–H groups in total. The van der Waals surface area contributed by atoms with E-state index < -0.39 is 38.2 Å². The predicted octanol–water partition coefficient (Wildman–Crippen LogP) is 4.05. The smallest absolute Gasteiger partial charge is 0.284 e. The van der Waals surface area contributed by atoms with Gasteiger partial charge in [-0.1, -0.05) is 42.5 Å². The highest BCUT2D eigenvalue weighted by atomic mass is 32.2. The summed E-state index contributed by atoms with van der Waals surface area (Å²) in [4.78, 5) is 0. The molecule has 2 rings (SSSR count). The maximum absolute atomic E-state index is 13.3. The molecular formula is C13H8F6O3S. The summed E-state index contributed by atoms with van der Waals surface area (Å²) in [5, 5.41) is -0.617. The van der Waals surface area contributed by atoms with E-state index in [2.05, 4.69) is 0 Å². The Hall–Kier alpha value is -1.81. The molecule has 10 heteroatoms. The Labute approximate surface area is 126 Å². The van der Waals surface area contributed by atoms with Crippen LogP contribution in [0.25, 0.3) is 10.8 Å². The minimum absolute atomic E-state index is 0.0356. The second-order valence-electron chi connectivity index (χ2n) is 4.68. The van der Waals surface area contributed by atoms with Crippen LogP contribution in [0.1, 0.15) is 5.56 Å². The van der Waals surface area contributed by atoms with E-state index in [1.54, 1.807) is 0 Å². The molecule has 0 saturated heterocycles. The van der Waals surface area contributed by atoms with Gasteiger partial charge in [-0.25, -0.2) is 0 Å². The number of halogens is 6. The number of hydrogen-bond donors (Lipinski definition) is 1. The maximum Gasteiger partial charge on any atom is 0.423 e. The molecule has 0 bridgehead atoms. The minimum Gasteiger partial charge on any atom is -0.284 e. The van der Waals surface area contributed by atoms with Crippen molar-refractivity contribution in [1.29, 1.82) is 0 Å². The lowest BCUT2D eigenvalue weighted by Gasteiger charge is -2.35. The molecule has 0 heterocycles. The van der Waals surface area contributed by atoms with Crippen molar-refractivity contribution in [2.75, 3.05) is 0 Å². The summed E-state index contributed by atoms with van der Waals surface area (Å²) in [6, 6.07) is 7.13. The lowest BCUT2D eigenvalue weighted by Crippen LogP contribution is -2.59. The fourth-order valence-electron chi connectivity index (χ4n) is 2.43. The average Bonchev–Trinajstić information content (AvgIpc) is 2.34. The van der Waals surface area contributed by atoms with Gasteiger partial charge in [0.1, 0.15) is 0 Å². The van der Waals surface area contributed by atoms with E-state index in [9.17, 15) is 34.8 Å². The van der Waals surface area contributed by atoms with E-state index in [1.807, 2.05) is 0 Å². The third kappa shape index (κ3) is 2.45. The fourth-order valence-corrected chi connectivity index (χ4v) is 3.47. The zero-order valence-electron chi connectivity index (χ0n) is 11.0. The van der Waals surface area contributed by atoms with Crippen LogP contribution in [-0.2, 0) is 14.9 Å². The van der Waals surface area contributed by atoms with Crippen LogP contribution in [-0.4, -0.2) is 25.3 Å². The molecule has 3 nitrogen and oxygen atoms in total. The topological polar surface area (TPSA) is 54.4 Å². The summed E-state index contributed by atoms with van der Waals surface area (Å²) in [7, 11) is -6.64. The van der Waals surface area contributed by atoms with Crippen LogP contribution in [0.15, 0.2) is 42.5 Å². The molecule has 0 saturated carbocycles. The number of fused-ring (bicyclic) bond motifs is 1. The van der Waals surface area contributed by atoms with E-state index in [0.717, 1.165) is 18.2 Å². The highest BCUT2D eigenvalue weighted by Crippen LogP contribution is 2.56. The van der Waals surface area contributed by atoms with E-state index >= 15 is 0 Å². The molecule has 0 unspecified atom stereocenters. The molecule has 0 amide bonds. The summed E-state index contributed by atoms with van der Waals surface area (Å²) in [6.45, 7) is 0. The third-order valence-corrected chi connectivity index (χ3v) is 4.81. The van der Waals surface area contributed by atoms with Crippen LogP contribution >= 0.6 is 0 Å². The quantitative estimate of drug-likeness (QED) is 0.651. The Balaban J connectivity index is 3.10. The van der Waals surface area contributed by atoms with Gasteiger partial charge in [0.05, 0.1) is 0 Å². The van der Waals surface area contributed by atoms with Gasteiger partial charge in [-0.3, -0.25) is 4.55 Å². The standard InChI is InChI=1S/C13H8F6O3S/c14-12(15,16)11(13(17,18)19,23(20,21)22)10-7-3-5-8-4-1-2-6-9(8)10/h1-7H,(H,20,21,22). The van der Waals surface area contributed by atoms with Crippen molar-refractivity contribution in [3.8, 4) is 0 Å². The molecule has 0 aliphatic heterocycles. The zero-order chi connectivity index (χ0) is 17.7. The molecule has 0 fully saturated rings. The van der Waals surface area contributed by atoms with Crippen LogP contribution in [0.5, 0.6) is 0 Å². The molecule has 126 valence electrons. The van der Waals surface area contributed by atoms with Gasteiger partial charge in [-0.2, -0.15) is 34.8 Å². The van der Waals surface area contributed by atoms with Crippen molar-refractivity contribution < 1.29 is 39.3 Å². The minimum atomic E-state index is -6.64. The first kappa shape index (κ1) is 17.5. The van der Waals surface area contributed by atoms with E-state index in [1.165, 1.54) is 18.2 Å². The van der Waals surface area contributed by atoms with Gasteiger partial charge in [0.15, 0.2) is 0 Å². The van der Waals surface area contributed by atoms with Crippen molar-refractivity contribution in [2.45, 2.75) is 17.1 Å². The number of rotatable bonds is 2. The van der Waals surface area contributed by atoms with Crippen LogP contribution in [0.3, 0.4) is 0 Å². The lowest BCUT2D eigenvalue weighted by molar-refractivity contribution is -0.273.